The quantitative estimate of drug-likeness (QED) is 0.256. The van der Waals surface area contributed by atoms with Crippen molar-refractivity contribution >= 4 is 32.3 Å². The number of ether oxygens (including phenoxy) is 2. The summed E-state index contributed by atoms with van der Waals surface area (Å²) in [7, 11) is -3.92. The molecule has 0 N–H and O–H groups in total. The summed E-state index contributed by atoms with van der Waals surface area (Å²) in [6.45, 7) is 4.52. The Bertz CT molecular complexity index is 1350. The van der Waals surface area contributed by atoms with Crippen molar-refractivity contribution in [3.63, 3.8) is 0 Å². The van der Waals surface area contributed by atoms with E-state index in [2.05, 4.69) is 5.73 Å². The van der Waals surface area contributed by atoms with Gasteiger partial charge in [0.05, 0.1) is 4.90 Å². The molecule has 174 valence electrons. The van der Waals surface area contributed by atoms with Gasteiger partial charge in [0.25, 0.3) is 0 Å². The van der Waals surface area contributed by atoms with Crippen molar-refractivity contribution in [3.8, 4) is 11.5 Å². The Balaban J connectivity index is 2.19. The number of sulfone groups is 1. The molecule has 3 rings (SSSR count). The standard InChI is InChI=1S/C27H24O6S/c1-4-21(22-10-14-24(15-11-22)32-19(2)28)18-27(34(30,31)26-8-6-5-7-9-26)23-12-16-25(17-13-23)33-20(3)29/h5-17H,4H2,1-3H3. The summed E-state index contributed by atoms with van der Waals surface area (Å²) in [4.78, 5) is 22.6. The van der Waals surface area contributed by atoms with Crippen molar-refractivity contribution < 1.29 is 27.5 Å². The second-order valence-corrected chi connectivity index (χ2v) is 9.23. The lowest BCUT2D eigenvalue weighted by Gasteiger charge is -2.10. The van der Waals surface area contributed by atoms with Gasteiger partial charge < -0.3 is 9.47 Å². The van der Waals surface area contributed by atoms with Gasteiger partial charge in [0, 0.05) is 25.0 Å². The molecule has 0 aromatic heterocycles. The summed E-state index contributed by atoms with van der Waals surface area (Å²) in [6, 6.07) is 21.2. The van der Waals surface area contributed by atoms with Crippen LogP contribution in [0.4, 0.5) is 0 Å². The minimum atomic E-state index is -3.92. The summed E-state index contributed by atoms with van der Waals surface area (Å²) in [5.74, 6) is -0.180. The van der Waals surface area contributed by atoms with Crippen molar-refractivity contribution in [2.75, 3.05) is 0 Å². The van der Waals surface area contributed by atoms with Crippen molar-refractivity contribution in [1.29, 1.82) is 0 Å². The van der Waals surface area contributed by atoms with E-state index in [-0.39, 0.29) is 9.80 Å². The summed E-state index contributed by atoms with van der Waals surface area (Å²) in [5.41, 5.74) is 4.94. The van der Waals surface area contributed by atoms with Crippen LogP contribution in [0.2, 0.25) is 0 Å². The van der Waals surface area contributed by atoms with E-state index in [9.17, 15) is 18.0 Å². The second-order valence-electron chi connectivity index (χ2n) is 7.34. The first kappa shape index (κ1) is 24.7. The molecule has 0 aliphatic carbocycles. The number of benzene rings is 3. The van der Waals surface area contributed by atoms with Gasteiger partial charge in [0.1, 0.15) is 16.4 Å². The fourth-order valence-electron chi connectivity index (χ4n) is 3.24. The van der Waals surface area contributed by atoms with Gasteiger partial charge in [0.15, 0.2) is 0 Å². The van der Waals surface area contributed by atoms with E-state index in [0.717, 1.165) is 5.56 Å². The SMILES string of the molecule is CCC(=C=C(c1ccc(OC(C)=O)cc1)S(=O)(=O)c1ccccc1)c1ccc(OC(C)=O)cc1. The van der Waals surface area contributed by atoms with Gasteiger partial charge in [-0.2, -0.15) is 0 Å². The molecule has 3 aromatic carbocycles. The third-order valence-electron chi connectivity index (χ3n) is 4.78. The van der Waals surface area contributed by atoms with Crippen LogP contribution in [-0.4, -0.2) is 20.4 Å². The smallest absolute Gasteiger partial charge is 0.308 e. The molecule has 0 atom stereocenters. The third kappa shape index (κ3) is 6.10. The molecular weight excluding hydrogens is 452 g/mol. The molecule has 34 heavy (non-hydrogen) atoms. The van der Waals surface area contributed by atoms with Gasteiger partial charge in [-0.1, -0.05) is 43.0 Å². The number of esters is 2. The number of hydrogen-bond donors (Lipinski definition) is 0. The van der Waals surface area contributed by atoms with Crippen LogP contribution in [0.25, 0.3) is 10.5 Å². The van der Waals surface area contributed by atoms with E-state index in [0.29, 0.717) is 29.1 Å². The van der Waals surface area contributed by atoms with E-state index in [1.165, 1.54) is 26.0 Å². The zero-order valence-corrected chi connectivity index (χ0v) is 19.9. The van der Waals surface area contributed by atoms with Crippen LogP contribution in [0.15, 0.2) is 89.5 Å². The average Bonchev–Trinajstić information content (AvgIpc) is 2.81. The predicted octanol–water partition coefficient (Wildman–Crippen LogP) is 5.44. The van der Waals surface area contributed by atoms with E-state index in [1.54, 1.807) is 66.7 Å². The molecule has 0 fully saturated rings. The first-order valence-electron chi connectivity index (χ1n) is 10.6. The van der Waals surface area contributed by atoms with Crippen LogP contribution >= 0.6 is 0 Å². The molecule has 0 unspecified atom stereocenters. The average molecular weight is 477 g/mol. The predicted molar refractivity (Wildman–Crippen MR) is 130 cm³/mol. The first-order valence-corrected chi connectivity index (χ1v) is 12.1. The highest BCUT2D eigenvalue weighted by atomic mass is 32.2. The number of rotatable bonds is 7. The van der Waals surface area contributed by atoms with Crippen molar-refractivity contribution in [1.82, 2.24) is 0 Å². The zero-order valence-electron chi connectivity index (χ0n) is 19.1. The van der Waals surface area contributed by atoms with Gasteiger partial charge in [-0.15, -0.1) is 0 Å². The second kappa shape index (κ2) is 10.8. The number of allylic oxidation sites excluding steroid dienone is 1. The van der Waals surface area contributed by atoms with Gasteiger partial charge >= 0.3 is 11.9 Å². The highest BCUT2D eigenvalue weighted by Gasteiger charge is 2.23. The topological polar surface area (TPSA) is 86.7 Å². The van der Waals surface area contributed by atoms with Crippen molar-refractivity contribution in [2.24, 2.45) is 0 Å². The monoisotopic (exact) mass is 476 g/mol. The molecule has 0 amide bonds. The van der Waals surface area contributed by atoms with E-state index < -0.39 is 21.8 Å². The molecule has 0 aliphatic heterocycles. The summed E-state index contributed by atoms with van der Waals surface area (Å²) in [6.07, 6.45) is 0.506. The molecule has 0 saturated heterocycles. The third-order valence-corrected chi connectivity index (χ3v) is 6.55. The van der Waals surface area contributed by atoms with Crippen LogP contribution in [-0.2, 0) is 19.4 Å². The van der Waals surface area contributed by atoms with Crippen LogP contribution in [0.1, 0.15) is 38.3 Å². The minimum Gasteiger partial charge on any atom is -0.427 e. The molecule has 7 heteroatoms. The molecule has 6 nitrogen and oxygen atoms in total. The molecule has 0 aliphatic rings. The number of carbonyl (C=O) groups excluding carboxylic acids is 2. The molecule has 3 aromatic rings. The largest absolute Gasteiger partial charge is 0.427 e. The summed E-state index contributed by atoms with van der Waals surface area (Å²) >= 11 is 0. The zero-order chi connectivity index (χ0) is 24.7. The van der Waals surface area contributed by atoms with Crippen LogP contribution in [0.3, 0.4) is 0 Å². The normalized spacial score (nSPS) is 10.7. The van der Waals surface area contributed by atoms with E-state index in [1.807, 2.05) is 6.92 Å². The summed E-state index contributed by atoms with van der Waals surface area (Å²) in [5, 5.41) is 0. The highest BCUT2D eigenvalue weighted by molar-refractivity contribution is 8.00. The maximum atomic E-state index is 13.6. The van der Waals surface area contributed by atoms with Gasteiger partial charge in [-0.3, -0.25) is 9.59 Å². The Kier molecular flexibility index (Phi) is 7.84. The minimum absolute atomic E-state index is 0.00557. The van der Waals surface area contributed by atoms with E-state index in [4.69, 9.17) is 9.47 Å². The summed E-state index contributed by atoms with van der Waals surface area (Å²) < 4.78 is 37.3. The fraction of sp³-hybridized carbons (Fsp3) is 0.148. The molecule has 0 radical (unpaired) electrons. The lowest BCUT2D eigenvalue weighted by molar-refractivity contribution is -0.132. The van der Waals surface area contributed by atoms with Crippen molar-refractivity contribution in [3.05, 3.63) is 95.7 Å². The lowest BCUT2D eigenvalue weighted by atomic mass is 10.0. The Hall–Kier alpha value is -3.93. The van der Waals surface area contributed by atoms with Gasteiger partial charge in [-0.25, -0.2) is 8.42 Å². The Labute approximate surface area is 199 Å². The Morgan fingerprint density at radius 1 is 0.735 bits per heavy atom. The molecular formula is C27H24O6S. The molecule has 0 spiro atoms. The van der Waals surface area contributed by atoms with Crippen LogP contribution < -0.4 is 9.47 Å². The van der Waals surface area contributed by atoms with Gasteiger partial charge in [0.2, 0.25) is 9.84 Å². The van der Waals surface area contributed by atoms with Gasteiger partial charge in [-0.05, 0) is 60.5 Å². The van der Waals surface area contributed by atoms with Crippen molar-refractivity contribution in [2.45, 2.75) is 32.1 Å². The Morgan fingerprint density at radius 2 is 1.21 bits per heavy atom. The lowest BCUT2D eigenvalue weighted by Crippen LogP contribution is -2.05. The van der Waals surface area contributed by atoms with Crippen LogP contribution in [0, 0.1) is 0 Å². The first-order chi connectivity index (χ1) is 16.2. The molecule has 0 heterocycles. The fourth-order valence-corrected chi connectivity index (χ4v) is 4.70. The maximum Gasteiger partial charge on any atom is 0.308 e. The van der Waals surface area contributed by atoms with E-state index >= 15 is 0 Å². The molecule has 0 saturated carbocycles. The highest BCUT2D eigenvalue weighted by Crippen LogP contribution is 2.31. The maximum absolute atomic E-state index is 13.6. The Morgan fingerprint density at radius 3 is 1.65 bits per heavy atom. The van der Waals surface area contributed by atoms with Crippen LogP contribution in [0.5, 0.6) is 11.5 Å². The molecule has 0 bridgehead atoms. The number of hydrogen-bond acceptors (Lipinski definition) is 6. The number of carbonyl (C=O) groups is 2.